The number of carbonyl (C=O) groups excluding carboxylic acids is 1. The van der Waals surface area contributed by atoms with E-state index in [4.69, 9.17) is 0 Å². The van der Waals surface area contributed by atoms with E-state index in [0.717, 1.165) is 16.8 Å². The standard InChI is InChI=1S/C16H15N5OS/c1-10-4-5-12(11(2)8-10)19-14(22)13-9-23-16(20-13)21-15-17-6-3-7-18-15/h3-9H,1-2H3,(H,19,22)(H,17,18,20,21). The van der Waals surface area contributed by atoms with E-state index in [1.165, 1.54) is 11.3 Å². The second-order valence-corrected chi connectivity index (χ2v) is 5.87. The van der Waals surface area contributed by atoms with Gasteiger partial charge in [-0.1, -0.05) is 17.7 Å². The molecule has 0 aliphatic carbocycles. The summed E-state index contributed by atoms with van der Waals surface area (Å²) in [5.74, 6) is 0.207. The molecule has 0 unspecified atom stereocenters. The van der Waals surface area contributed by atoms with Crippen LogP contribution >= 0.6 is 11.3 Å². The fourth-order valence-electron chi connectivity index (χ4n) is 2.03. The number of aryl methyl sites for hydroxylation is 2. The summed E-state index contributed by atoms with van der Waals surface area (Å²) < 4.78 is 0. The molecule has 0 spiro atoms. The topological polar surface area (TPSA) is 79.8 Å². The van der Waals surface area contributed by atoms with Gasteiger partial charge < -0.3 is 10.6 Å². The quantitative estimate of drug-likeness (QED) is 0.767. The number of aromatic nitrogens is 3. The van der Waals surface area contributed by atoms with Crippen LogP contribution in [0.25, 0.3) is 0 Å². The predicted molar refractivity (Wildman–Crippen MR) is 91.3 cm³/mol. The second-order valence-electron chi connectivity index (χ2n) is 5.01. The van der Waals surface area contributed by atoms with Crippen molar-refractivity contribution >= 4 is 34.0 Å². The lowest BCUT2D eigenvalue weighted by Crippen LogP contribution is -2.13. The van der Waals surface area contributed by atoms with Crippen LogP contribution in [0.5, 0.6) is 0 Å². The SMILES string of the molecule is Cc1ccc(NC(=O)c2csc(Nc3ncccn3)n2)c(C)c1. The normalized spacial score (nSPS) is 10.3. The number of anilines is 3. The van der Waals surface area contributed by atoms with Gasteiger partial charge >= 0.3 is 0 Å². The first-order chi connectivity index (χ1) is 11.1. The molecule has 116 valence electrons. The van der Waals surface area contributed by atoms with Gasteiger partial charge in [0.25, 0.3) is 5.91 Å². The molecule has 3 rings (SSSR count). The summed E-state index contributed by atoms with van der Waals surface area (Å²) in [7, 11) is 0. The molecule has 7 heteroatoms. The van der Waals surface area contributed by atoms with Gasteiger partial charge in [0.1, 0.15) is 5.69 Å². The lowest BCUT2D eigenvalue weighted by atomic mass is 10.1. The zero-order chi connectivity index (χ0) is 16.2. The first-order valence-electron chi connectivity index (χ1n) is 7.00. The molecule has 1 amide bonds. The summed E-state index contributed by atoms with van der Waals surface area (Å²) in [4.78, 5) is 24.7. The summed E-state index contributed by atoms with van der Waals surface area (Å²) in [5.41, 5.74) is 3.32. The van der Waals surface area contributed by atoms with Gasteiger partial charge in [-0.3, -0.25) is 4.79 Å². The van der Waals surface area contributed by atoms with Crippen LogP contribution < -0.4 is 10.6 Å². The van der Waals surface area contributed by atoms with Crippen molar-refractivity contribution in [2.75, 3.05) is 10.6 Å². The molecule has 0 aliphatic heterocycles. The fourth-order valence-corrected chi connectivity index (χ4v) is 2.72. The molecular weight excluding hydrogens is 310 g/mol. The van der Waals surface area contributed by atoms with Gasteiger partial charge in [0.2, 0.25) is 5.95 Å². The Balaban J connectivity index is 1.71. The van der Waals surface area contributed by atoms with Crippen molar-refractivity contribution in [2.24, 2.45) is 0 Å². The van der Waals surface area contributed by atoms with E-state index in [-0.39, 0.29) is 5.91 Å². The Kier molecular flexibility index (Phi) is 4.29. The number of thiazole rings is 1. The minimum absolute atomic E-state index is 0.241. The molecule has 6 nitrogen and oxygen atoms in total. The van der Waals surface area contributed by atoms with E-state index in [1.807, 2.05) is 32.0 Å². The molecule has 0 radical (unpaired) electrons. The molecule has 2 N–H and O–H groups in total. The highest BCUT2D eigenvalue weighted by Gasteiger charge is 2.12. The highest BCUT2D eigenvalue weighted by atomic mass is 32.1. The highest BCUT2D eigenvalue weighted by molar-refractivity contribution is 7.14. The molecule has 2 aromatic heterocycles. The van der Waals surface area contributed by atoms with Crippen LogP contribution in [0.4, 0.5) is 16.8 Å². The summed E-state index contributed by atoms with van der Waals surface area (Å²) in [6, 6.07) is 7.61. The van der Waals surface area contributed by atoms with Crippen LogP contribution in [0.3, 0.4) is 0 Å². The summed E-state index contributed by atoms with van der Waals surface area (Å²) >= 11 is 1.33. The third-order valence-electron chi connectivity index (χ3n) is 3.15. The van der Waals surface area contributed by atoms with Gasteiger partial charge in [-0.2, -0.15) is 0 Å². The Hall–Kier alpha value is -2.80. The molecule has 3 aromatic rings. The Labute approximate surface area is 137 Å². The van der Waals surface area contributed by atoms with Crippen molar-refractivity contribution in [1.29, 1.82) is 0 Å². The number of amides is 1. The number of rotatable bonds is 4. The molecule has 1 aromatic carbocycles. The van der Waals surface area contributed by atoms with E-state index < -0.39 is 0 Å². The molecule has 0 atom stereocenters. The summed E-state index contributed by atoms with van der Waals surface area (Å²) in [5, 5.41) is 8.11. The molecule has 23 heavy (non-hydrogen) atoms. The lowest BCUT2D eigenvalue weighted by molar-refractivity contribution is 0.102. The maximum Gasteiger partial charge on any atom is 0.275 e. The smallest absolute Gasteiger partial charge is 0.275 e. The zero-order valence-corrected chi connectivity index (χ0v) is 13.5. The summed E-state index contributed by atoms with van der Waals surface area (Å²) in [6.07, 6.45) is 3.27. The van der Waals surface area contributed by atoms with Crippen molar-refractivity contribution in [3.63, 3.8) is 0 Å². The van der Waals surface area contributed by atoms with Crippen LogP contribution in [0.1, 0.15) is 21.6 Å². The van der Waals surface area contributed by atoms with Crippen molar-refractivity contribution < 1.29 is 4.79 Å². The number of benzene rings is 1. The first kappa shape index (κ1) is 15.1. The molecular formula is C16H15N5OS. The molecule has 0 fully saturated rings. The van der Waals surface area contributed by atoms with Gasteiger partial charge in [0.15, 0.2) is 5.13 Å². The molecule has 2 heterocycles. The van der Waals surface area contributed by atoms with Crippen molar-refractivity contribution in [2.45, 2.75) is 13.8 Å². The monoisotopic (exact) mass is 325 g/mol. The van der Waals surface area contributed by atoms with Crippen LogP contribution in [0.2, 0.25) is 0 Å². The predicted octanol–water partition coefficient (Wildman–Crippen LogP) is 3.55. The van der Waals surface area contributed by atoms with E-state index in [0.29, 0.717) is 16.8 Å². The number of hydrogen-bond donors (Lipinski definition) is 2. The van der Waals surface area contributed by atoms with Crippen LogP contribution in [0.15, 0.2) is 42.0 Å². The number of hydrogen-bond acceptors (Lipinski definition) is 6. The third-order valence-corrected chi connectivity index (χ3v) is 3.91. The highest BCUT2D eigenvalue weighted by Crippen LogP contribution is 2.21. The van der Waals surface area contributed by atoms with Gasteiger partial charge in [0.05, 0.1) is 0 Å². The maximum absolute atomic E-state index is 12.3. The Morgan fingerprint density at radius 3 is 2.70 bits per heavy atom. The largest absolute Gasteiger partial charge is 0.320 e. The van der Waals surface area contributed by atoms with Gasteiger partial charge in [0, 0.05) is 23.5 Å². The fraction of sp³-hybridized carbons (Fsp3) is 0.125. The minimum Gasteiger partial charge on any atom is -0.320 e. The van der Waals surface area contributed by atoms with Crippen LogP contribution in [0, 0.1) is 13.8 Å². The van der Waals surface area contributed by atoms with E-state index in [1.54, 1.807) is 23.8 Å². The van der Waals surface area contributed by atoms with Gasteiger partial charge in [-0.05, 0) is 31.5 Å². The molecule has 0 bridgehead atoms. The van der Waals surface area contributed by atoms with E-state index in [9.17, 15) is 4.79 Å². The van der Waals surface area contributed by atoms with Gasteiger partial charge in [-0.25, -0.2) is 15.0 Å². The van der Waals surface area contributed by atoms with Crippen LogP contribution in [-0.4, -0.2) is 20.9 Å². The first-order valence-corrected chi connectivity index (χ1v) is 7.88. The van der Waals surface area contributed by atoms with Gasteiger partial charge in [-0.15, -0.1) is 11.3 Å². The molecule has 0 saturated carbocycles. The molecule has 0 aliphatic rings. The Morgan fingerprint density at radius 1 is 1.17 bits per heavy atom. The van der Waals surface area contributed by atoms with Crippen molar-refractivity contribution in [3.8, 4) is 0 Å². The maximum atomic E-state index is 12.3. The molecule has 0 saturated heterocycles. The van der Waals surface area contributed by atoms with Crippen LogP contribution in [-0.2, 0) is 0 Å². The Morgan fingerprint density at radius 2 is 1.96 bits per heavy atom. The third kappa shape index (κ3) is 3.70. The average molecular weight is 325 g/mol. The Bertz CT molecular complexity index is 831. The number of nitrogens with one attached hydrogen (secondary N) is 2. The minimum atomic E-state index is -0.241. The number of carbonyl (C=O) groups is 1. The van der Waals surface area contributed by atoms with E-state index in [2.05, 4.69) is 25.6 Å². The number of nitrogens with zero attached hydrogens (tertiary/aromatic N) is 3. The average Bonchev–Trinajstić information content (AvgIpc) is 3.00. The van der Waals surface area contributed by atoms with Crippen molar-refractivity contribution in [1.82, 2.24) is 15.0 Å². The summed E-state index contributed by atoms with van der Waals surface area (Å²) in [6.45, 7) is 3.98. The second kappa shape index (κ2) is 6.53. The zero-order valence-electron chi connectivity index (χ0n) is 12.7. The lowest BCUT2D eigenvalue weighted by Gasteiger charge is -2.07. The van der Waals surface area contributed by atoms with E-state index >= 15 is 0 Å². The van der Waals surface area contributed by atoms with Crippen molar-refractivity contribution in [3.05, 3.63) is 58.9 Å².